The number of aromatic nitrogens is 3. The predicted molar refractivity (Wildman–Crippen MR) is 375 cm³/mol. The number of aliphatic imine (C=N–C) groups is 1. The van der Waals surface area contributed by atoms with Crippen molar-refractivity contribution in [3.63, 3.8) is 0 Å². The van der Waals surface area contributed by atoms with Crippen molar-refractivity contribution in [2.24, 2.45) is 4.99 Å². The van der Waals surface area contributed by atoms with Gasteiger partial charge in [-0.1, -0.05) is 24.3 Å². The molecule has 0 unspecified atom stereocenters. The quantitative estimate of drug-likeness (QED) is 0.166. The van der Waals surface area contributed by atoms with Gasteiger partial charge in [0, 0.05) is 56.1 Å². The van der Waals surface area contributed by atoms with E-state index in [-0.39, 0.29) is 26.4 Å². The van der Waals surface area contributed by atoms with Crippen LogP contribution in [0.3, 0.4) is 0 Å². The normalized spacial score (nSPS) is 18.4. The molecule has 0 atom stereocenters. The Kier molecular flexibility index (Phi) is 26.0. The van der Waals surface area contributed by atoms with E-state index >= 15 is 0 Å². The first-order valence-electron chi connectivity index (χ1n) is 34.3. The molecule has 0 spiro atoms. The van der Waals surface area contributed by atoms with Crippen LogP contribution >= 0.6 is 0 Å². The van der Waals surface area contributed by atoms with E-state index in [1.807, 2.05) is 91.2 Å². The van der Waals surface area contributed by atoms with Gasteiger partial charge in [-0.2, -0.15) is 0 Å². The highest BCUT2D eigenvalue weighted by molar-refractivity contribution is 6.05. The lowest BCUT2D eigenvalue weighted by molar-refractivity contribution is 0.00708. The fourth-order valence-corrected chi connectivity index (χ4v) is 11.9. The van der Waals surface area contributed by atoms with E-state index < -0.39 is 0 Å². The Balaban J connectivity index is 1.04. The SMILES string of the molecule is C1=Cc2nc1c(-c1ccc3c(c1)OCCOCCOCCOCCO3)c1ccc([nH]1)c(-c1ccc3c(c1)OCCOCCOCCOCCO3)c1cc(c(-c3ccc4c(c3)OCCOCCOCCOCCO4)c3ccc([nH]3)c2-c2ccc3c(c2)OCCOCCOCCOCCO3)N=C1. The van der Waals surface area contributed by atoms with Gasteiger partial charge in [0.1, 0.15) is 52.9 Å². The Morgan fingerprint density at radius 3 is 0.770 bits per heavy atom. The highest BCUT2D eigenvalue weighted by Gasteiger charge is 2.24. The van der Waals surface area contributed by atoms with E-state index in [9.17, 15) is 0 Å². The lowest BCUT2D eigenvalue weighted by Gasteiger charge is -2.15. The molecule has 530 valence electrons. The number of hydrogen-bond donors (Lipinski definition) is 2. The molecule has 0 aliphatic carbocycles. The van der Waals surface area contributed by atoms with Crippen molar-refractivity contribution in [2.75, 3.05) is 211 Å². The number of aromatic amines is 2. The van der Waals surface area contributed by atoms with Gasteiger partial charge in [0.15, 0.2) is 46.0 Å². The second-order valence-electron chi connectivity index (χ2n) is 23.3. The van der Waals surface area contributed by atoms with Crippen LogP contribution in [-0.4, -0.2) is 233 Å². The molecular weight excluding hydrogens is 1290 g/mol. The van der Waals surface area contributed by atoms with Crippen molar-refractivity contribution in [3.05, 3.63) is 120 Å². The molecule has 0 saturated heterocycles. The van der Waals surface area contributed by atoms with Gasteiger partial charge in [0.2, 0.25) is 0 Å². The molecule has 8 bridgehead atoms. The summed E-state index contributed by atoms with van der Waals surface area (Å²) in [4.78, 5) is 18.8. The van der Waals surface area contributed by atoms with Crippen LogP contribution in [0.15, 0.2) is 108 Å². The third kappa shape index (κ3) is 19.1. The largest absolute Gasteiger partial charge is 0.487 e. The van der Waals surface area contributed by atoms with E-state index in [0.717, 1.165) is 72.1 Å². The molecule has 7 aromatic rings. The fraction of sp³-hybridized carbons (Fsp3) is 0.421. The van der Waals surface area contributed by atoms with Crippen LogP contribution in [0.1, 0.15) is 17.0 Å². The smallest absolute Gasteiger partial charge is 0.161 e. The maximum atomic E-state index is 6.56. The van der Waals surface area contributed by atoms with Crippen molar-refractivity contribution in [1.29, 1.82) is 0 Å². The molecule has 6 aliphatic rings. The minimum absolute atomic E-state index is 0.257. The molecule has 9 heterocycles. The molecule has 4 aromatic carbocycles. The lowest BCUT2D eigenvalue weighted by atomic mass is 9.99. The molecule has 13 rings (SSSR count). The Morgan fingerprint density at radius 2 is 0.470 bits per heavy atom. The lowest BCUT2D eigenvalue weighted by Crippen LogP contribution is -2.13. The maximum absolute atomic E-state index is 6.56. The minimum atomic E-state index is 0.257. The Labute approximate surface area is 580 Å². The van der Waals surface area contributed by atoms with Crippen LogP contribution in [0.5, 0.6) is 46.0 Å². The van der Waals surface area contributed by atoms with Crippen molar-refractivity contribution in [1.82, 2.24) is 15.0 Å². The third-order valence-corrected chi connectivity index (χ3v) is 16.6. The summed E-state index contributed by atoms with van der Waals surface area (Å²) in [5, 5.41) is 0. The number of H-pyrrole nitrogens is 2. The van der Waals surface area contributed by atoms with Crippen molar-refractivity contribution in [2.45, 2.75) is 0 Å². The zero-order valence-corrected chi connectivity index (χ0v) is 56.2. The summed E-state index contributed by atoms with van der Waals surface area (Å²) in [5.74, 6) is 4.29. The van der Waals surface area contributed by atoms with E-state index in [4.69, 9.17) is 105 Å². The first-order valence-corrected chi connectivity index (χ1v) is 34.3. The van der Waals surface area contributed by atoms with Crippen LogP contribution in [-0.2, 0) is 56.8 Å². The Hall–Kier alpha value is -8.60. The molecule has 24 heteroatoms. The summed E-state index contributed by atoms with van der Waals surface area (Å²) in [5.41, 5.74) is 12.1. The minimum Gasteiger partial charge on any atom is -0.487 e. The zero-order chi connectivity index (χ0) is 67.6. The number of ether oxygens (including phenoxy) is 20. The number of rotatable bonds is 4. The van der Waals surface area contributed by atoms with Gasteiger partial charge in [-0.15, -0.1) is 0 Å². The van der Waals surface area contributed by atoms with Gasteiger partial charge in [0.05, 0.1) is 176 Å². The molecule has 2 N–H and O–H groups in total. The standard InChI is InChI=1S/C76H86N4O20/c1-11-65-69(97-43-35-89-27-19-81-15-23-85-31-39-93-65)48-53(1)73-57-47-64(77-52-57)76(56-4-14-68-72(51-56)100-46-38-92-30-22-84-18-26-88-34-42-96-68)63-10-9-62(80-63)75(55-3-13-67-71(50-55)99-45-37-91-29-21-83-17-25-87-33-41-95-67)61-8-7-60(79-61)74(59-6-5-58(73)78-59)54-2-12-66-70(49-54)98-44-36-90-28-20-82-16-24-86-32-40-94-66/h1-14,47-52,78,80H,15-46H2. The summed E-state index contributed by atoms with van der Waals surface area (Å²) >= 11 is 0. The van der Waals surface area contributed by atoms with Gasteiger partial charge < -0.3 is 105 Å². The Bertz CT molecular complexity index is 3540. The molecule has 100 heavy (non-hydrogen) atoms. The zero-order valence-electron chi connectivity index (χ0n) is 56.2. The van der Waals surface area contributed by atoms with Crippen LogP contribution in [0.2, 0.25) is 0 Å². The topological polar surface area (TPSA) is 241 Å². The summed E-state index contributed by atoms with van der Waals surface area (Å²) in [6.45, 7) is 11.9. The second-order valence-corrected chi connectivity index (χ2v) is 23.3. The fourth-order valence-electron chi connectivity index (χ4n) is 11.9. The number of benzene rings is 4. The molecule has 3 aromatic heterocycles. The van der Waals surface area contributed by atoms with Gasteiger partial charge in [-0.3, -0.25) is 4.99 Å². The number of fused-ring (bicyclic) bond motifs is 12. The van der Waals surface area contributed by atoms with Crippen molar-refractivity contribution >= 4 is 46.1 Å². The average Bonchev–Trinajstić information content (AvgIpc) is 1.60. The molecule has 0 saturated carbocycles. The average molecular weight is 1380 g/mol. The van der Waals surface area contributed by atoms with Gasteiger partial charge in [-0.05, 0) is 113 Å². The monoisotopic (exact) mass is 1370 g/mol. The van der Waals surface area contributed by atoms with E-state index in [1.54, 1.807) is 0 Å². The van der Waals surface area contributed by atoms with Gasteiger partial charge in [-0.25, -0.2) is 4.98 Å². The first-order chi connectivity index (χ1) is 49.7. The highest BCUT2D eigenvalue weighted by Crippen LogP contribution is 2.45. The second kappa shape index (κ2) is 37.2. The summed E-state index contributed by atoms with van der Waals surface area (Å²) in [6.07, 6.45) is 5.99. The molecule has 0 amide bonds. The Morgan fingerprint density at radius 1 is 0.230 bits per heavy atom. The number of nitrogens with zero attached hydrogens (tertiary/aromatic N) is 2. The van der Waals surface area contributed by atoms with Crippen molar-refractivity contribution < 1.29 is 94.7 Å². The summed E-state index contributed by atoms with van der Waals surface area (Å²) in [7, 11) is 0. The first kappa shape index (κ1) is 69.9. The maximum Gasteiger partial charge on any atom is 0.161 e. The summed E-state index contributed by atoms with van der Waals surface area (Å²) < 4.78 is 122. The van der Waals surface area contributed by atoms with E-state index in [2.05, 4.69) is 40.3 Å². The number of nitrogens with one attached hydrogen (secondary N) is 2. The van der Waals surface area contributed by atoms with Gasteiger partial charge in [0.25, 0.3) is 0 Å². The van der Waals surface area contributed by atoms with Gasteiger partial charge >= 0.3 is 0 Å². The molecule has 0 radical (unpaired) electrons. The highest BCUT2D eigenvalue weighted by atomic mass is 16.6. The molecular formula is C76H86N4O20. The predicted octanol–water partition coefficient (Wildman–Crippen LogP) is 10.8. The van der Waals surface area contributed by atoms with Crippen LogP contribution < -0.4 is 37.9 Å². The van der Waals surface area contributed by atoms with E-state index in [0.29, 0.717) is 248 Å². The van der Waals surface area contributed by atoms with E-state index in [1.165, 1.54) is 0 Å². The van der Waals surface area contributed by atoms with Crippen molar-refractivity contribution in [3.8, 4) is 90.5 Å². The summed E-state index contributed by atoms with van der Waals surface area (Å²) in [6, 6.07) is 34.2. The van der Waals surface area contributed by atoms with Crippen LogP contribution in [0.4, 0.5) is 5.69 Å². The molecule has 6 aliphatic heterocycles. The van der Waals surface area contributed by atoms with Crippen LogP contribution in [0, 0.1) is 0 Å². The third-order valence-electron chi connectivity index (χ3n) is 16.6. The molecule has 24 nitrogen and oxygen atoms in total. The molecule has 0 fully saturated rings. The van der Waals surface area contributed by atoms with Crippen LogP contribution in [0.25, 0.3) is 78.7 Å². The number of hydrogen-bond acceptors (Lipinski definition) is 22.